The van der Waals surface area contributed by atoms with E-state index < -0.39 is 0 Å². The highest BCUT2D eigenvalue weighted by Gasteiger charge is 2.12. The molecule has 22 heavy (non-hydrogen) atoms. The lowest BCUT2D eigenvalue weighted by Gasteiger charge is -2.22. The summed E-state index contributed by atoms with van der Waals surface area (Å²) in [6.07, 6.45) is 3.90. The first-order valence-electron chi connectivity index (χ1n) is 7.60. The van der Waals surface area contributed by atoms with Crippen molar-refractivity contribution in [3.8, 4) is 5.75 Å². The molecule has 2 rings (SSSR count). The Morgan fingerprint density at radius 2 is 2.23 bits per heavy atom. The Labute approximate surface area is 143 Å². The van der Waals surface area contributed by atoms with E-state index in [9.17, 15) is 4.79 Å². The molecule has 1 aromatic carbocycles. The normalized spacial score (nSPS) is 17.4. The minimum atomic E-state index is 0. The summed E-state index contributed by atoms with van der Waals surface area (Å²) in [5.74, 6) is 1.35. The Kier molecular flexibility index (Phi) is 9.28. The molecule has 1 aromatic rings. The zero-order chi connectivity index (χ0) is 14.9. The molecule has 1 atom stereocenters. The predicted molar refractivity (Wildman–Crippen MR) is 92.0 cm³/mol. The fourth-order valence-electron chi connectivity index (χ4n) is 2.49. The van der Waals surface area contributed by atoms with E-state index in [1.165, 1.54) is 12.8 Å². The summed E-state index contributed by atoms with van der Waals surface area (Å²) in [6, 6.07) is 7.28. The first-order valence-corrected chi connectivity index (χ1v) is 7.98. The van der Waals surface area contributed by atoms with Gasteiger partial charge in [0, 0.05) is 6.54 Å². The van der Waals surface area contributed by atoms with Crippen molar-refractivity contribution in [1.82, 2.24) is 10.6 Å². The maximum Gasteiger partial charge on any atom is 0.223 e. The van der Waals surface area contributed by atoms with E-state index in [1.807, 2.05) is 12.1 Å². The van der Waals surface area contributed by atoms with Gasteiger partial charge in [-0.15, -0.1) is 12.4 Å². The molecule has 0 aliphatic carbocycles. The van der Waals surface area contributed by atoms with Crippen LogP contribution in [0.1, 0.15) is 25.7 Å². The van der Waals surface area contributed by atoms with Gasteiger partial charge in [0.05, 0.1) is 18.1 Å². The van der Waals surface area contributed by atoms with Crippen molar-refractivity contribution < 1.29 is 9.53 Å². The van der Waals surface area contributed by atoms with Crippen molar-refractivity contribution in [2.75, 3.05) is 26.2 Å². The van der Waals surface area contributed by atoms with Gasteiger partial charge in [0.15, 0.2) is 0 Å². The molecule has 4 nitrogen and oxygen atoms in total. The van der Waals surface area contributed by atoms with Crippen LogP contribution in [0.3, 0.4) is 0 Å². The number of amides is 1. The van der Waals surface area contributed by atoms with E-state index in [0.717, 1.165) is 26.1 Å². The van der Waals surface area contributed by atoms with Crippen LogP contribution in [-0.4, -0.2) is 32.1 Å². The van der Waals surface area contributed by atoms with E-state index in [2.05, 4.69) is 10.6 Å². The Balaban J connectivity index is 0.00000242. The van der Waals surface area contributed by atoms with Crippen molar-refractivity contribution in [3.05, 3.63) is 29.3 Å². The summed E-state index contributed by atoms with van der Waals surface area (Å²) in [7, 11) is 0. The molecule has 0 aromatic heterocycles. The maximum atomic E-state index is 11.7. The van der Waals surface area contributed by atoms with Crippen LogP contribution < -0.4 is 15.4 Å². The van der Waals surface area contributed by atoms with Gasteiger partial charge in [0.25, 0.3) is 0 Å². The van der Waals surface area contributed by atoms with Crippen LogP contribution in [0.5, 0.6) is 5.75 Å². The lowest BCUT2D eigenvalue weighted by atomic mass is 9.96. The van der Waals surface area contributed by atoms with Crippen molar-refractivity contribution in [2.45, 2.75) is 25.7 Å². The lowest BCUT2D eigenvalue weighted by molar-refractivity contribution is -0.121. The van der Waals surface area contributed by atoms with Crippen LogP contribution in [0.25, 0.3) is 0 Å². The molecule has 124 valence electrons. The minimum Gasteiger partial charge on any atom is -0.491 e. The van der Waals surface area contributed by atoms with E-state index in [0.29, 0.717) is 29.7 Å². The van der Waals surface area contributed by atoms with Crippen LogP contribution in [-0.2, 0) is 4.79 Å². The summed E-state index contributed by atoms with van der Waals surface area (Å²) >= 11 is 5.98. The monoisotopic (exact) mass is 346 g/mol. The number of carbonyl (C=O) groups is 1. The highest BCUT2D eigenvalue weighted by molar-refractivity contribution is 6.32. The molecule has 1 amide bonds. The van der Waals surface area contributed by atoms with Gasteiger partial charge in [-0.3, -0.25) is 4.79 Å². The van der Waals surface area contributed by atoms with Gasteiger partial charge in [-0.1, -0.05) is 23.7 Å². The van der Waals surface area contributed by atoms with E-state index in [1.54, 1.807) is 12.1 Å². The Bertz CT molecular complexity index is 452. The topological polar surface area (TPSA) is 50.4 Å². The Hall–Kier alpha value is -0.970. The highest BCUT2D eigenvalue weighted by atomic mass is 35.5. The van der Waals surface area contributed by atoms with Crippen LogP contribution in [0.15, 0.2) is 24.3 Å². The molecule has 0 spiro atoms. The molecule has 0 bridgehead atoms. The van der Waals surface area contributed by atoms with E-state index in [-0.39, 0.29) is 18.3 Å². The summed E-state index contributed by atoms with van der Waals surface area (Å²) in [4.78, 5) is 11.7. The second kappa shape index (κ2) is 10.7. The zero-order valence-corrected chi connectivity index (χ0v) is 14.2. The summed E-state index contributed by atoms with van der Waals surface area (Å²) in [5, 5.41) is 6.91. The number of hydrogen-bond donors (Lipinski definition) is 2. The molecule has 1 aliphatic heterocycles. The largest absolute Gasteiger partial charge is 0.491 e. The van der Waals surface area contributed by atoms with Crippen molar-refractivity contribution in [1.29, 1.82) is 0 Å². The number of benzene rings is 1. The number of piperidine rings is 1. The fourth-order valence-corrected chi connectivity index (χ4v) is 2.68. The first kappa shape index (κ1) is 19.1. The molecule has 1 aliphatic rings. The molecule has 1 heterocycles. The van der Waals surface area contributed by atoms with Gasteiger partial charge in [0.1, 0.15) is 5.75 Å². The van der Waals surface area contributed by atoms with Crippen molar-refractivity contribution in [2.24, 2.45) is 5.92 Å². The number of para-hydroxylation sites is 1. The van der Waals surface area contributed by atoms with Crippen molar-refractivity contribution >= 4 is 29.9 Å². The van der Waals surface area contributed by atoms with Gasteiger partial charge in [0.2, 0.25) is 5.91 Å². The molecule has 6 heteroatoms. The van der Waals surface area contributed by atoms with Gasteiger partial charge < -0.3 is 15.4 Å². The van der Waals surface area contributed by atoms with Gasteiger partial charge in [-0.25, -0.2) is 0 Å². The number of rotatable bonds is 7. The number of carbonyl (C=O) groups excluding carboxylic acids is 1. The summed E-state index contributed by atoms with van der Waals surface area (Å²) in [6.45, 7) is 3.30. The second-order valence-corrected chi connectivity index (χ2v) is 5.79. The molecular formula is C16H24Cl2N2O2. The number of hydrogen-bond acceptors (Lipinski definition) is 3. The van der Waals surface area contributed by atoms with Gasteiger partial charge in [-0.2, -0.15) is 0 Å². The molecule has 1 fully saturated rings. The fraction of sp³-hybridized carbons (Fsp3) is 0.562. The number of nitrogens with one attached hydrogen (secondary N) is 2. The molecule has 2 N–H and O–H groups in total. The molecular weight excluding hydrogens is 323 g/mol. The Morgan fingerprint density at radius 3 is 2.95 bits per heavy atom. The quantitative estimate of drug-likeness (QED) is 0.797. The summed E-state index contributed by atoms with van der Waals surface area (Å²) < 4.78 is 5.50. The van der Waals surface area contributed by atoms with Gasteiger partial charge in [-0.05, 0) is 50.4 Å². The average molecular weight is 347 g/mol. The second-order valence-electron chi connectivity index (χ2n) is 5.38. The number of ether oxygens (including phenoxy) is 1. The summed E-state index contributed by atoms with van der Waals surface area (Å²) in [5.41, 5.74) is 0. The first-order chi connectivity index (χ1) is 10.3. The third-order valence-electron chi connectivity index (χ3n) is 3.70. The van der Waals surface area contributed by atoms with Crippen LogP contribution in [0, 0.1) is 5.92 Å². The number of halogens is 2. The molecule has 0 radical (unpaired) electrons. The van der Waals surface area contributed by atoms with Crippen LogP contribution in [0.2, 0.25) is 5.02 Å². The molecule has 1 unspecified atom stereocenters. The Morgan fingerprint density at radius 1 is 1.41 bits per heavy atom. The maximum absolute atomic E-state index is 11.7. The van der Waals surface area contributed by atoms with Crippen LogP contribution in [0.4, 0.5) is 0 Å². The minimum absolute atomic E-state index is 0. The smallest absolute Gasteiger partial charge is 0.223 e. The van der Waals surface area contributed by atoms with Crippen molar-refractivity contribution in [3.63, 3.8) is 0 Å². The third-order valence-corrected chi connectivity index (χ3v) is 4.01. The van der Waals surface area contributed by atoms with E-state index in [4.69, 9.17) is 16.3 Å². The molecule has 0 saturated carbocycles. The zero-order valence-electron chi connectivity index (χ0n) is 12.6. The third kappa shape index (κ3) is 6.86. The van der Waals surface area contributed by atoms with Crippen LogP contribution >= 0.6 is 24.0 Å². The van der Waals surface area contributed by atoms with E-state index >= 15 is 0 Å². The standard InChI is InChI=1S/C16H23ClN2O2.ClH/c17-14-5-1-2-6-15(14)21-11-8-16(20)19-10-7-13-4-3-9-18-12-13;/h1-2,5-6,13,18H,3-4,7-12H2,(H,19,20);1H. The SMILES string of the molecule is Cl.O=C(CCOc1ccccc1Cl)NCCC1CCCNC1. The van der Waals surface area contributed by atoms with Gasteiger partial charge >= 0.3 is 0 Å². The highest BCUT2D eigenvalue weighted by Crippen LogP contribution is 2.23. The lowest BCUT2D eigenvalue weighted by Crippen LogP contribution is -2.33. The molecule has 1 saturated heterocycles. The average Bonchev–Trinajstić information content (AvgIpc) is 2.50. The predicted octanol–water partition coefficient (Wildman–Crippen LogP) is 3.04.